The number of carboxylic acids is 1. The average molecular weight is 367 g/mol. The highest BCUT2D eigenvalue weighted by atomic mass is 32.1. The van der Waals surface area contributed by atoms with Crippen molar-refractivity contribution in [2.45, 2.75) is 38.3 Å². The minimum absolute atomic E-state index is 0.151. The molecule has 9 heteroatoms. The van der Waals surface area contributed by atoms with Gasteiger partial charge < -0.3 is 26.6 Å². The average Bonchev–Trinajstić information content (AvgIpc) is 2.96. The lowest BCUT2D eigenvalue weighted by Crippen LogP contribution is -2.41. The Bertz CT molecular complexity index is 697. The van der Waals surface area contributed by atoms with E-state index in [4.69, 9.17) is 5.73 Å². The first-order valence-corrected chi connectivity index (χ1v) is 8.32. The van der Waals surface area contributed by atoms with Gasteiger partial charge in [0, 0.05) is 6.54 Å². The second-order valence-corrected chi connectivity index (χ2v) is 6.85. The monoisotopic (exact) mass is 367 g/mol. The highest BCUT2D eigenvalue weighted by Crippen LogP contribution is 2.16. The van der Waals surface area contributed by atoms with E-state index in [1.165, 1.54) is 0 Å². The van der Waals surface area contributed by atoms with Crippen LogP contribution in [0.5, 0.6) is 0 Å². The van der Waals surface area contributed by atoms with Gasteiger partial charge in [0.25, 0.3) is 5.91 Å². The van der Waals surface area contributed by atoms with Crippen LogP contribution in [0.2, 0.25) is 0 Å². The number of thiophene rings is 1. The number of aliphatic carboxylic acids is 1. The molecule has 0 unspecified atom stereocenters. The number of hydrogen-bond acceptors (Lipinski definition) is 5. The largest absolute Gasteiger partial charge is 0.480 e. The molecule has 0 radical (unpaired) electrons. The summed E-state index contributed by atoms with van der Waals surface area (Å²) in [6, 6.07) is 1.41. The molecule has 0 aliphatic heterocycles. The predicted molar refractivity (Wildman–Crippen MR) is 93.2 cm³/mol. The first kappa shape index (κ1) is 20.5. The van der Waals surface area contributed by atoms with Crippen molar-refractivity contribution in [3.63, 3.8) is 0 Å². The molecule has 8 nitrogen and oxygen atoms in total. The predicted octanol–water partition coefficient (Wildman–Crippen LogP) is 0.502. The van der Waals surface area contributed by atoms with E-state index in [2.05, 4.69) is 22.5 Å². The van der Waals surface area contributed by atoms with E-state index in [1.54, 1.807) is 26.0 Å². The van der Waals surface area contributed by atoms with Gasteiger partial charge in [0.05, 0.1) is 9.75 Å². The lowest BCUT2D eigenvalue weighted by atomic mass is 10.1. The zero-order valence-corrected chi connectivity index (χ0v) is 14.8. The van der Waals surface area contributed by atoms with Gasteiger partial charge in [-0.25, -0.2) is 9.59 Å². The van der Waals surface area contributed by atoms with Crippen LogP contribution in [0.3, 0.4) is 0 Å². The minimum atomic E-state index is -1.16. The molecule has 0 fully saturated rings. The number of amides is 3. The quantitative estimate of drug-likeness (QED) is 0.352. The maximum Gasteiger partial charge on any atom is 0.326 e. The van der Waals surface area contributed by atoms with Gasteiger partial charge >= 0.3 is 12.0 Å². The molecule has 1 aromatic heterocycles. The van der Waals surface area contributed by atoms with Crippen LogP contribution in [0, 0.1) is 11.8 Å². The lowest BCUT2D eigenvalue weighted by molar-refractivity contribution is -0.139. The topological polar surface area (TPSA) is 142 Å². The Labute approximate surface area is 149 Å². The number of nitrogens with two attached hydrogens (primary N) is 1. The van der Waals surface area contributed by atoms with E-state index in [0.717, 1.165) is 11.3 Å². The summed E-state index contributed by atoms with van der Waals surface area (Å²) in [5.74, 6) is 3.72. The van der Waals surface area contributed by atoms with Crippen LogP contribution >= 0.6 is 11.3 Å². The maximum atomic E-state index is 12.2. The lowest BCUT2D eigenvalue weighted by Gasteiger charge is -2.13. The number of aliphatic hydroxyl groups is 1. The summed E-state index contributed by atoms with van der Waals surface area (Å²) < 4.78 is 0. The number of urea groups is 1. The minimum Gasteiger partial charge on any atom is -0.480 e. The number of rotatable bonds is 7. The molecule has 0 bridgehead atoms. The summed E-state index contributed by atoms with van der Waals surface area (Å²) in [4.78, 5) is 34.9. The number of carbonyl (C=O) groups excluding carboxylic acids is 2. The van der Waals surface area contributed by atoms with Crippen molar-refractivity contribution >= 4 is 29.2 Å². The molecule has 1 atom stereocenters. The second-order valence-electron chi connectivity index (χ2n) is 5.77. The number of nitrogens with one attached hydrogen (secondary N) is 2. The van der Waals surface area contributed by atoms with Crippen LogP contribution in [0.1, 0.15) is 41.2 Å². The maximum absolute atomic E-state index is 12.2. The molecule has 0 aromatic carbocycles. The molecule has 1 aromatic rings. The Hall–Kier alpha value is -2.57. The van der Waals surface area contributed by atoms with Crippen molar-refractivity contribution in [2.75, 3.05) is 6.54 Å². The van der Waals surface area contributed by atoms with E-state index in [-0.39, 0.29) is 13.0 Å². The molecular weight excluding hydrogens is 346 g/mol. The standard InChI is InChI=1S/C16H21N3O5S/c1-16(2,24)8-7-10-5-6-12(25-10)13(20)19-11(14(21)22)4-3-9-18-15(17)23/h5-6,11,24H,3-4,9H2,1-2H3,(H,19,20)(H,21,22)(H3,17,18,23)/t11-/m1/s1. The molecule has 25 heavy (non-hydrogen) atoms. The van der Waals surface area contributed by atoms with Gasteiger partial charge in [0.2, 0.25) is 0 Å². The normalized spacial score (nSPS) is 11.8. The van der Waals surface area contributed by atoms with Gasteiger partial charge in [-0.15, -0.1) is 11.3 Å². The third-order valence-electron chi connectivity index (χ3n) is 2.89. The molecule has 0 aliphatic rings. The molecule has 1 heterocycles. The Balaban J connectivity index is 2.65. The van der Waals surface area contributed by atoms with Crippen LogP contribution in [0.15, 0.2) is 12.1 Å². The first-order chi connectivity index (χ1) is 11.6. The van der Waals surface area contributed by atoms with Crippen LogP contribution < -0.4 is 16.4 Å². The summed E-state index contributed by atoms with van der Waals surface area (Å²) in [7, 11) is 0. The van der Waals surface area contributed by atoms with Crippen LogP contribution in [-0.2, 0) is 4.79 Å². The van der Waals surface area contributed by atoms with E-state index in [1.807, 2.05) is 0 Å². The van der Waals surface area contributed by atoms with Crippen molar-refractivity contribution in [3.05, 3.63) is 21.9 Å². The highest BCUT2D eigenvalue weighted by Gasteiger charge is 2.21. The van der Waals surface area contributed by atoms with Gasteiger partial charge in [-0.3, -0.25) is 4.79 Å². The third kappa shape index (κ3) is 8.19. The number of primary amides is 1. The van der Waals surface area contributed by atoms with Crippen molar-refractivity contribution in [3.8, 4) is 11.8 Å². The Morgan fingerprint density at radius 1 is 1.36 bits per heavy atom. The molecule has 1 rings (SSSR count). The first-order valence-electron chi connectivity index (χ1n) is 7.51. The molecule has 0 saturated heterocycles. The van der Waals surface area contributed by atoms with Crippen LogP contribution in [0.25, 0.3) is 0 Å². The third-order valence-corrected chi connectivity index (χ3v) is 3.89. The van der Waals surface area contributed by atoms with E-state index in [9.17, 15) is 24.6 Å². The Morgan fingerprint density at radius 3 is 2.60 bits per heavy atom. The van der Waals surface area contributed by atoms with Gasteiger partial charge in [-0.05, 0) is 38.8 Å². The molecule has 3 amide bonds. The summed E-state index contributed by atoms with van der Waals surface area (Å²) in [5.41, 5.74) is 3.78. The van der Waals surface area contributed by atoms with Crippen molar-refractivity contribution in [1.29, 1.82) is 0 Å². The van der Waals surface area contributed by atoms with Gasteiger partial charge in [-0.2, -0.15) is 0 Å². The van der Waals surface area contributed by atoms with Crippen molar-refractivity contribution in [2.24, 2.45) is 5.73 Å². The Morgan fingerprint density at radius 2 is 2.04 bits per heavy atom. The fraction of sp³-hybridized carbons (Fsp3) is 0.438. The smallest absolute Gasteiger partial charge is 0.326 e. The summed E-state index contributed by atoms with van der Waals surface area (Å²) in [6.45, 7) is 3.32. The Kier molecular flexibility index (Phi) is 7.42. The van der Waals surface area contributed by atoms with Crippen molar-refractivity contribution < 1.29 is 24.6 Å². The fourth-order valence-electron chi connectivity index (χ4n) is 1.75. The molecule has 6 N–H and O–H groups in total. The number of carboxylic acid groups (broad SMARTS) is 1. The summed E-state index contributed by atoms with van der Waals surface area (Å²) >= 11 is 1.10. The summed E-state index contributed by atoms with van der Waals surface area (Å²) in [5, 5.41) is 23.5. The zero-order chi connectivity index (χ0) is 19.0. The van der Waals surface area contributed by atoms with E-state index < -0.39 is 29.6 Å². The van der Waals surface area contributed by atoms with Gasteiger partial charge in [0.15, 0.2) is 0 Å². The second kappa shape index (κ2) is 9.05. The molecule has 0 spiro atoms. The van der Waals surface area contributed by atoms with E-state index in [0.29, 0.717) is 16.2 Å². The number of carbonyl (C=O) groups is 3. The fourth-order valence-corrected chi connectivity index (χ4v) is 2.51. The van der Waals surface area contributed by atoms with Gasteiger partial charge in [-0.1, -0.05) is 11.8 Å². The van der Waals surface area contributed by atoms with Gasteiger partial charge in [0.1, 0.15) is 11.6 Å². The molecular formula is C16H21N3O5S. The molecule has 136 valence electrons. The summed E-state index contributed by atoms with van der Waals surface area (Å²) in [6.07, 6.45) is 0.505. The zero-order valence-electron chi connectivity index (χ0n) is 14.0. The van der Waals surface area contributed by atoms with Crippen molar-refractivity contribution in [1.82, 2.24) is 10.6 Å². The van der Waals surface area contributed by atoms with E-state index >= 15 is 0 Å². The SMILES string of the molecule is CC(C)(O)C#Cc1ccc(C(=O)N[C@H](CCCNC(N)=O)C(=O)O)s1. The number of hydrogen-bond donors (Lipinski definition) is 5. The highest BCUT2D eigenvalue weighted by molar-refractivity contribution is 7.14. The van der Waals surface area contributed by atoms with Crippen LogP contribution in [0.4, 0.5) is 4.79 Å². The molecule has 0 aliphatic carbocycles. The van der Waals surface area contributed by atoms with Crippen LogP contribution in [-0.4, -0.2) is 46.3 Å². The molecule has 0 saturated carbocycles.